The van der Waals surface area contributed by atoms with Crippen molar-refractivity contribution in [1.29, 1.82) is 0 Å². The molecule has 0 saturated heterocycles. The van der Waals surface area contributed by atoms with Crippen molar-refractivity contribution in [3.8, 4) is 0 Å². The zero-order valence-electron chi connectivity index (χ0n) is 17.4. The molecule has 27 heavy (non-hydrogen) atoms. The highest BCUT2D eigenvalue weighted by Gasteiger charge is 2.37. The highest BCUT2D eigenvalue weighted by atomic mass is 16.6. The van der Waals surface area contributed by atoms with Crippen molar-refractivity contribution >= 4 is 24.2 Å². The monoisotopic (exact) mass is 383 g/mol. The maximum Gasteiger partial charge on any atom is 0.427 e. The van der Waals surface area contributed by atoms with Crippen molar-refractivity contribution in [2.24, 2.45) is 0 Å². The number of carbonyl (C=O) groups is 3. The molecule has 1 heterocycles. The van der Waals surface area contributed by atoms with E-state index in [0.717, 1.165) is 4.57 Å². The fourth-order valence-corrected chi connectivity index (χ4v) is 1.77. The average Bonchev–Trinajstić information content (AvgIpc) is 2.81. The summed E-state index contributed by atoms with van der Waals surface area (Å²) in [6.45, 7) is 15.0. The van der Waals surface area contributed by atoms with Gasteiger partial charge in [-0.15, -0.1) is 4.90 Å². The lowest BCUT2D eigenvalue weighted by Crippen LogP contribution is -2.45. The van der Waals surface area contributed by atoms with Crippen LogP contribution in [0.1, 0.15) is 62.3 Å². The van der Waals surface area contributed by atoms with Crippen LogP contribution in [-0.4, -0.2) is 44.6 Å². The van der Waals surface area contributed by atoms with Crippen molar-refractivity contribution < 1.29 is 28.6 Å². The number of carbonyl (C=O) groups excluding carboxylic acids is 3. The largest absolute Gasteiger partial charge is 0.443 e. The Hall–Kier alpha value is -2.58. The molecule has 0 fully saturated rings. The van der Waals surface area contributed by atoms with Crippen LogP contribution in [0.25, 0.3) is 0 Å². The summed E-state index contributed by atoms with van der Waals surface area (Å²) in [4.78, 5) is 42.2. The predicted octanol–water partition coefficient (Wildman–Crippen LogP) is 4.34. The molecule has 0 radical (unpaired) electrons. The molecule has 0 N–H and O–H groups in total. The SMILES string of the molecule is CC(C)(C)OC(=O)N(C(=O)OC(C)(C)C)c1nccn1C(=O)OC(C)(C)C. The Labute approximate surface area is 159 Å². The fraction of sp³-hybridized carbons (Fsp3) is 0.667. The Balaban J connectivity index is 3.32. The normalized spacial score (nSPS) is 12.3. The Bertz CT molecular complexity index is 676. The van der Waals surface area contributed by atoms with E-state index in [-0.39, 0.29) is 5.95 Å². The van der Waals surface area contributed by atoms with Gasteiger partial charge in [0.1, 0.15) is 16.8 Å². The zero-order valence-corrected chi connectivity index (χ0v) is 17.4. The first-order chi connectivity index (χ1) is 12.0. The van der Waals surface area contributed by atoms with Crippen LogP contribution in [0.15, 0.2) is 12.4 Å². The van der Waals surface area contributed by atoms with Gasteiger partial charge >= 0.3 is 18.3 Å². The first kappa shape index (κ1) is 22.5. The van der Waals surface area contributed by atoms with Crippen LogP contribution < -0.4 is 4.90 Å². The van der Waals surface area contributed by atoms with Crippen LogP contribution >= 0.6 is 0 Å². The van der Waals surface area contributed by atoms with E-state index in [4.69, 9.17) is 14.2 Å². The van der Waals surface area contributed by atoms with E-state index in [1.165, 1.54) is 12.4 Å². The number of imide groups is 1. The Morgan fingerprint density at radius 2 is 1.22 bits per heavy atom. The number of hydrogen-bond donors (Lipinski definition) is 0. The van der Waals surface area contributed by atoms with Gasteiger partial charge in [0, 0.05) is 12.4 Å². The molecule has 152 valence electrons. The lowest BCUT2D eigenvalue weighted by molar-refractivity contribution is 0.0423. The van der Waals surface area contributed by atoms with Crippen molar-refractivity contribution in [2.45, 2.75) is 79.1 Å². The second-order valence-electron chi connectivity index (χ2n) is 8.87. The maximum absolute atomic E-state index is 12.6. The number of aromatic nitrogens is 2. The van der Waals surface area contributed by atoms with Gasteiger partial charge in [-0.05, 0) is 62.3 Å². The first-order valence-electron chi connectivity index (χ1n) is 8.53. The van der Waals surface area contributed by atoms with Crippen LogP contribution in [-0.2, 0) is 14.2 Å². The van der Waals surface area contributed by atoms with E-state index in [2.05, 4.69) is 4.98 Å². The second kappa shape index (κ2) is 7.58. The molecule has 2 amide bonds. The summed E-state index contributed by atoms with van der Waals surface area (Å²) < 4.78 is 16.8. The standard InChI is InChI=1S/C18H29N3O6/c1-16(2,3)25-13(22)20-11-10-19-12(20)21(14(23)26-17(4,5)6)15(24)27-18(7,8)9/h10-11H,1-9H3. The molecule has 0 aromatic carbocycles. The number of anilines is 1. The molecule has 1 aromatic rings. The molecule has 9 heteroatoms. The molecule has 0 saturated carbocycles. The summed E-state index contributed by atoms with van der Waals surface area (Å²) in [6, 6.07) is 0. The van der Waals surface area contributed by atoms with Gasteiger partial charge in [0.2, 0.25) is 5.95 Å². The van der Waals surface area contributed by atoms with Gasteiger partial charge in [-0.2, -0.15) is 0 Å². The number of imidazole rings is 1. The summed E-state index contributed by atoms with van der Waals surface area (Å²) in [5.74, 6) is -0.284. The molecule has 0 atom stereocenters. The molecule has 1 aromatic heterocycles. The summed E-state index contributed by atoms with van der Waals surface area (Å²) in [7, 11) is 0. The Kier molecular flexibility index (Phi) is 6.30. The number of rotatable bonds is 1. The summed E-state index contributed by atoms with van der Waals surface area (Å²) in [5.41, 5.74) is -2.53. The van der Waals surface area contributed by atoms with Crippen LogP contribution in [0.2, 0.25) is 0 Å². The molecule has 9 nitrogen and oxygen atoms in total. The van der Waals surface area contributed by atoms with Crippen LogP contribution in [0.4, 0.5) is 20.3 Å². The van der Waals surface area contributed by atoms with E-state index in [9.17, 15) is 14.4 Å². The van der Waals surface area contributed by atoms with E-state index < -0.39 is 35.1 Å². The minimum Gasteiger partial charge on any atom is -0.443 e. The highest BCUT2D eigenvalue weighted by Crippen LogP contribution is 2.21. The minimum atomic E-state index is -1.02. The molecule has 1 rings (SSSR count). The zero-order chi connectivity index (χ0) is 21.2. The maximum atomic E-state index is 12.6. The molecule has 0 spiro atoms. The molecule has 0 aliphatic heterocycles. The predicted molar refractivity (Wildman–Crippen MR) is 98.8 cm³/mol. The van der Waals surface area contributed by atoms with Gasteiger partial charge < -0.3 is 14.2 Å². The van der Waals surface area contributed by atoms with Crippen molar-refractivity contribution in [2.75, 3.05) is 4.90 Å². The third kappa shape index (κ3) is 7.28. The quantitative estimate of drug-likeness (QED) is 0.665. The van der Waals surface area contributed by atoms with E-state index in [1.54, 1.807) is 62.3 Å². The molecular weight excluding hydrogens is 354 g/mol. The van der Waals surface area contributed by atoms with Gasteiger partial charge in [-0.1, -0.05) is 0 Å². The van der Waals surface area contributed by atoms with Crippen LogP contribution in [0.5, 0.6) is 0 Å². The van der Waals surface area contributed by atoms with Crippen LogP contribution in [0, 0.1) is 0 Å². The Morgan fingerprint density at radius 1 is 0.815 bits per heavy atom. The minimum absolute atomic E-state index is 0.284. The molecule has 0 bridgehead atoms. The number of nitrogens with zero attached hydrogens (tertiary/aromatic N) is 3. The number of hydrogen-bond acceptors (Lipinski definition) is 7. The van der Waals surface area contributed by atoms with Crippen molar-refractivity contribution in [3.63, 3.8) is 0 Å². The van der Waals surface area contributed by atoms with E-state index in [0.29, 0.717) is 4.90 Å². The lowest BCUT2D eigenvalue weighted by atomic mass is 10.2. The summed E-state index contributed by atoms with van der Waals surface area (Å²) in [6.07, 6.45) is -0.292. The smallest absolute Gasteiger partial charge is 0.427 e. The van der Waals surface area contributed by atoms with Crippen molar-refractivity contribution in [1.82, 2.24) is 9.55 Å². The van der Waals surface area contributed by atoms with Gasteiger partial charge in [0.05, 0.1) is 0 Å². The second-order valence-corrected chi connectivity index (χ2v) is 8.87. The number of amides is 2. The summed E-state index contributed by atoms with van der Waals surface area (Å²) >= 11 is 0. The van der Waals surface area contributed by atoms with E-state index >= 15 is 0 Å². The number of ether oxygens (including phenoxy) is 3. The summed E-state index contributed by atoms with van der Waals surface area (Å²) in [5, 5.41) is 0. The third-order valence-corrected chi connectivity index (χ3v) is 2.56. The average molecular weight is 383 g/mol. The molecule has 0 unspecified atom stereocenters. The van der Waals surface area contributed by atoms with Crippen molar-refractivity contribution in [3.05, 3.63) is 12.4 Å². The third-order valence-electron chi connectivity index (χ3n) is 2.56. The van der Waals surface area contributed by atoms with Gasteiger partial charge in [0.25, 0.3) is 0 Å². The van der Waals surface area contributed by atoms with Gasteiger partial charge in [-0.25, -0.2) is 23.9 Å². The topological polar surface area (TPSA) is 100.0 Å². The lowest BCUT2D eigenvalue weighted by Gasteiger charge is -2.28. The fourth-order valence-electron chi connectivity index (χ4n) is 1.77. The Morgan fingerprint density at radius 3 is 1.59 bits per heavy atom. The molecule has 0 aliphatic carbocycles. The molecular formula is C18H29N3O6. The van der Waals surface area contributed by atoms with Crippen LogP contribution in [0.3, 0.4) is 0 Å². The van der Waals surface area contributed by atoms with Gasteiger partial charge in [-0.3, -0.25) is 0 Å². The first-order valence-corrected chi connectivity index (χ1v) is 8.53. The molecule has 0 aliphatic rings. The van der Waals surface area contributed by atoms with E-state index in [1.807, 2.05) is 0 Å². The highest BCUT2D eigenvalue weighted by molar-refractivity contribution is 6.09. The van der Waals surface area contributed by atoms with Gasteiger partial charge in [0.15, 0.2) is 0 Å².